The fourth-order valence-electron chi connectivity index (χ4n) is 2.13. The molecule has 1 fully saturated rings. The Labute approximate surface area is 149 Å². The van der Waals surface area contributed by atoms with Crippen molar-refractivity contribution in [1.82, 2.24) is 10.2 Å². The monoisotopic (exact) mass is 396 g/mol. The van der Waals surface area contributed by atoms with Gasteiger partial charge < -0.3 is 14.8 Å². The van der Waals surface area contributed by atoms with Gasteiger partial charge in [0.2, 0.25) is 0 Å². The van der Waals surface area contributed by atoms with E-state index >= 15 is 0 Å². The standard InChI is InChI=1S/C16H17BrN2O3S/c1-4-6-22-14-11(17)7-10(9-13(14)21-3)8-12-15(20)19(5-2)16(23)18-12/h4,7-9H,1,5-6H2,2-3H3,(H,18,23)/b12-8-. The van der Waals surface area contributed by atoms with Gasteiger partial charge in [-0.05, 0) is 58.8 Å². The van der Waals surface area contributed by atoms with Crippen molar-refractivity contribution >= 4 is 45.2 Å². The number of thiocarbonyl (C=S) groups is 1. The smallest absolute Gasteiger partial charge is 0.276 e. The number of hydrogen-bond acceptors (Lipinski definition) is 4. The summed E-state index contributed by atoms with van der Waals surface area (Å²) in [6, 6.07) is 3.64. The van der Waals surface area contributed by atoms with Crippen molar-refractivity contribution in [2.45, 2.75) is 6.92 Å². The Kier molecular flexibility index (Phi) is 5.79. The van der Waals surface area contributed by atoms with Gasteiger partial charge in [-0.15, -0.1) is 0 Å². The average molecular weight is 397 g/mol. The molecule has 0 spiro atoms. The minimum atomic E-state index is -0.139. The van der Waals surface area contributed by atoms with Gasteiger partial charge in [0, 0.05) is 6.54 Å². The molecule has 7 heteroatoms. The minimum Gasteiger partial charge on any atom is -0.493 e. The zero-order valence-corrected chi connectivity index (χ0v) is 15.3. The van der Waals surface area contributed by atoms with Gasteiger partial charge in [-0.2, -0.15) is 0 Å². The first-order valence-corrected chi connectivity index (χ1v) is 8.17. The molecule has 0 unspecified atom stereocenters. The zero-order chi connectivity index (χ0) is 17.0. The summed E-state index contributed by atoms with van der Waals surface area (Å²) in [7, 11) is 1.56. The molecule has 0 saturated carbocycles. The van der Waals surface area contributed by atoms with Crippen LogP contribution in [0.25, 0.3) is 6.08 Å². The highest BCUT2D eigenvalue weighted by atomic mass is 79.9. The summed E-state index contributed by atoms with van der Waals surface area (Å²) in [5, 5.41) is 3.34. The normalized spacial score (nSPS) is 15.8. The third-order valence-electron chi connectivity index (χ3n) is 3.19. The molecule has 1 N–H and O–H groups in total. The molecule has 2 rings (SSSR count). The van der Waals surface area contributed by atoms with E-state index in [-0.39, 0.29) is 5.91 Å². The third kappa shape index (κ3) is 3.73. The molecule has 0 radical (unpaired) electrons. The SMILES string of the molecule is C=CCOc1c(Br)cc(/C=C2\NC(=S)N(CC)C2=O)cc1OC. The molecule has 1 aliphatic heterocycles. The molecular weight excluding hydrogens is 380 g/mol. The number of hydrogen-bond donors (Lipinski definition) is 1. The lowest BCUT2D eigenvalue weighted by Crippen LogP contribution is -2.30. The highest BCUT2D eigenvalue weighted by Crippen LogP contribution is 2.37. The summed E-state index contributed by atoms with van der Waals surface area (Å²) >= 11 is 8.60. The second-order valence-corrected chi connectivity index (χ2v) is 5.91. The number of ether oxygens (including phenoxy) is 2. The molecule has 1 amide bonds. The van der Waals surface area contributed by atoms with Gasteiger partial charge in [0.25, 0.3) is 5.91 Å². The quantitative estimate of drug-likeness (QED) is 0.454. The predicted molar refractivity (Wildman–Crippen MR) is 97.5 cm³/mol. The highest BCUT2D eigenvalue weighted by Gasteiger charge is 2.29. The number of likely N-dealkylation sites (N-methyl/N-ethyl adjacent to an activating group) is 1. The van der Waals surface area contributed by atoms with Crippen molar-refractivity contribution in [2.24, 2.45) is 0 Å². The number of nitrogens with zero attached hydrogens (tertiary/aromatic N) is 1. The zero-order valence-electron chi connectivity index (χ0n) is 12.9. The van der Waals surface area contributed by atoms with Crippen molar-refractivity contribution in [2.75, 3.05) is 20.3 Å². The van der Waals surface area contributed by atoms with Gasteiger partial charge >= 0.3 is 0 Å². The van der Waals surface area contributed by atoms with Crippen LogP contribution in [-0.4, -0.2) is 36.2 Å². The van der Waals surface area contributed by atoms with Crippen molar-refractivity contribution < 1.29 is 14.3 Å². The van der Waals surface area contributed by atoms with Crippen LogP contribution in [0, 0.1) is 0 Å². The first-order chi connectivity index (χ1) is 11.0. The predicted octanol–water partition coefficient (Wildman–Crippen LogP) is 3.10. The summed E-state index contributed by atoms with van der Waals surface area (Å²) < 4.78 is 11.7. The lowest BCUT2D eigenvalue weighted by Gasteiger charge is -2.12. The van der Waals surface area contributed by atoms with E-state index < -0.39 is 0 Å². The van der Waals surface area contributed by atoms with Crippen LogP contribution in [0.3, 0.4) is 0 Å². The first kappa shape index (κ1) is 17.5. The van der Waals surface area contributed by atoms with E-state index in [1.165, 1.54) is 4.90 Å². The van der Waals surface area contributed by atoms with Gasteiger partial charge in [-0.25, -0.2) is 0 Å². The second kappa shape index (κ2) is 7.61. The number of methoxy groups -OCH3 is 1. The van der Waals surface area contributed by atoms with Gasteiger partial charge in [0.15, 0.2) is 16.6 Å². The largest absolute Gasteiger partial charge is 0.493 e. The lowest BCUT2D eigenvalue weighted by atomic mass is 10.1. The van der Waals surface area contributed by atoms with Crippen molar-refractivity contribution in [3.63, 3.8) is 0 Å². The molecule has 1 aromatic carbocycles. The van der Waals surface area contributed by atoms with Crippen molar-refractivity contribution in [1.29, 1.82) is 0 Å². The summed E-state index contributed by atoms with van der Waals surface area (Å²) in [5.74, 6) is 1.01. The Hall–Kier alpha value is -1.86. The van der Waals surface area contributed by atoms with Crippen LogP contribution in [0.15, 0.2) is 35.0 Å². The van der Waals surface area contributed by atoms with E-state index in [2.05, 4.69) is 27.8 Å². The Morgan fingerprint density at radius 2 is 2.22 bits per heavy atom. The van der Waals surface area contributed by atoms with Gasteiger partial charge in [0.1, 0.15) is 12.3 Å². The molecule has 0 bridgehead atoms. The topological polar surface area (TPSA) is 50.8 Å². The van der Waals surface area contributed by atoms with Crippen molar-refractivity contribution in [3.05, 3.63) is 40.5 Å². The molecular formula is C16H17BrN2O3S. The first-order valence-electron chi connectivity index (χ1n) is 6.97. The van der Waals surface area contributed by atoms with Crippen LogP contribution < -0.4 is 14.8 Å². The number of benzene rings is 1. The summed E-state index contributed by atoms with van der Waals surface area (Å²) in [4.78, 5) is 13.7. The maximum Gasteiger partial charge on any atom is 0.276 e. The number of amides is 1. The third-order valence-corrected chi connectivity index (χ3v) is 4.10. The van der Waals surface area contributed by atoms with Gasteiger partial charge in [-0.1, -0.05) is 12.7 Å². The van der Waals surface area contributed by atoms with Crippen LogP contribution in [0.2, 0.25) is 0 Å². The van der Waals surface area contributed by atoms with Gasteiger partial charge in [-0.3, -0.25) is 9.69 Å². The maximum atomic E-state index is 12.2. The van der Waals surface area contributed by atoms with Crippen LogP contribution in [0.4, 0.5) is 0 Å². The molecule has 1 aromatic rings. The maximum absolute atomic E-state index is 12.2. The van der Waals surface area contributed by atoms with Crippen LogP contribution in [0.5, 0.6) is 11.5 Å². The average Bonchev–Trinajstić information content (AvgIpc) is 2.79. The van der Waals surface area contributed by atoms with E-state index in [1.807, 2.05) is 13.0 Å². The molecule has 0 aliphatic carbocycles. The fourth-order valence-corrected chi connectivity index (χ4v) is 3.03. The number of nitrogens with one attached hydrogen (secondary N) is 1. The van der Waals surface area contributed by atoms with Crippen molar-refractivity contribution in [3.8, 4) is 11.5 Å². The summed E-state index contributed by atoms with van der Waals surface area (Å²) in [6.45, 7) is 6.40. The number of carbonyl (C=O) groups excluding carboxylic acids is 1. The molecule has 23 heavy (non-hydrogen) atoms. The Balaban J connectivity index is 2.36. The van der Waals surface area contributed by atoms with E-state index in [0.717, 1.165) is 10.0 Å². The van der Waals surface area contributed by atoms with E-state index in [1.54, 1.807) is 25.3 Å². The molecule has 1 saturated heterocycles. The number of halogens is 1. The fraction of sp³-hybridized carbons (Fsp3) is 0.250. The van der Waals surface area contributed by atoms with E-state index in [0.29, 0.717) is 35.5 Å². The number of rotatable bonds is 6. The second-order valence-electron chi connectivity index (χ2n) is 4.67. The Bertz CT molecular complexity index is 688. The molecule has 0 atom stereocenters. The highest BCUT2D eigenvalue weighted by molar-refractivity contribution is 9.10. The molecule has 5 nitrogen and oxygen atoms in total. The summed E-state index contributed by atoms with van der Waals surface area (Å²) in [6.07, 6.45) is 3.39. The van der Waals surface area contributed by atoms with E-state index in [4.69, 9.17) is 21.7 Å². The van der Waals surface area contributed by atoms with Crippen LogP contribution >= 0.6 is 28.1 Å². The van der Waals surface area contributed by atoms with Gasteiger partial charge in [0.05, 0.1) is 11.6 Å². The van der Waals surface area contributed by atoms with Crippen LogP contribution in [0.1, 0.15) is 12.5 Å². The minimum absolute atomic E-state index is 0.139. The summed E-state index contributed by atoms with van der Waals surface area (Å²) in [5.41, 5.74) is 1.22. The molecule has 1 heterocycles. The molecule has 122 valence electrons. The molecule has 1 aliphatic rings. The number of carbonyl (C=O) groups is 1. The van der Waals surface area contributed by atoms with Crippen LogP contribution in [-0.2, 0) is 4.79 Å². The Morgan fingerprint density at radius 3 is 2.78 bits per heavy atom. The lowest BCUT2D eigenvalue weighted by molar-refractivity contribution is -0.122. The Morgan fingerprint density at radius 1 is 1.48 bits per heavy atom. The molecule has 0 aromatic heterocycles. The van der Waals surface area contributed by atoms with E-state index in [9.17, 15) is 4.79 Å².